The maximum absolute atomic E-state index is 8.16. The van der Waals surface area contributed by atoms with Crippen LogP contribution < -0.4 is 5.59 Å². The predicted octanol–water partition coefficient (Wildman–Crippen LogP) is -0.830. The van der Waals surface area contributed by atoms with Crippen LogP contribution in [0.4, 0.5) is 0 Å². The zero-order valence-corrected chi connectivity index (χ0v) is 3.92. The van der Waals surface area contributed by atoms with E-state index < -0.39 is 0 Å². The minimum atomic E-state index is 0.483. The van der Waals surface area contributed by atoms with E-state index in [1.807, 2.05) is 5.59 Å². The van der Waals surface area contributed by atoms with Crippen LogP contribution in [0.1, 0.15) is 0 Å². The molecular formula is C3H8N2O2. The Kier molecular flexibility index (Phi) is 1.59. The van der Waals surface area contributed by atoms with E-state index in [2.05, 4.69) is 0 Å². The topological polar surface area (TPSA) is 44.7 Å². The molecule has 0 aromatic heterocycles. The van der Waals surface area contributed by atoms with Crippen LogP contribution in [-0.4, -0.2) is 30.1 Å². The second-order valence-corrected chi connectivity index (χ2v) is 1.40. The van der Waals surface area contributed by atoms with Crippen LogP contribution >= 0.6 is 0 Å². The van der Waals surface area contributed by atoms with Crippen molar-refractivity contribution >= 4 is 0 Å². The summed E-state index contributed by atoms with van der Waals surface area (Å²) < 4.78 is 4.85. The van der Waals surface area contributed by atoms with Gasteiger partial charge in [0.25, 0.3) is 0 Å². The monoisotopic (exact) mass is 104 g/mol. The number of hydrogen-bond acceptors (Lipinski definition) is 4. The summed E-state index contributed by atoms with van der Waals surface area (Å²) in [6.07, 6.45) is 0. The summed E-state index contributed by atoms with van der Waals surface area (Å²) in [6.45, 7) is 1.94. The molecule has 4 nitrogen and oxygen atoms in total. The molecule has 1 aliphatic heterocycles. The lowest BCUT2D eigenvalue weighted by Crippen LogP contribution is -2.32. The summed E-state index contributed by atoms with van der Waals surface area (Å²) in [5.74, 6) is 0. The minimum absolute atomic E-state index is 0.483. The summed E-state index contributed by atoms with van der Waals surface area (Å²) in [7, 11) is 0. The van der Waals surface area contributed by atoms with E-state index in [0.717, 1.165) is 6.54 Å². The summed E-state index contributed by atoms with van der Waals surface area (Å²) >= 11 is 0. The van der Waals surface area contributed by atoms with Crippen molar-refractivity contribution in [3.05, 3.63) is 0 Å². The van der Waals surface area contributed by atoms with Crippen LogP contribution in [0, 0.1) is 0 Å². The Hall–Kier alpha value is -0.160. The molecule has 1 fully saturated rings. The molecule has 0 spiro atoms. The van der Waals surface area contributed by atoms with Crippen molar-refractivity contribution in [1.29, 1.82) is 0 Å². The molecule has 1 rings (SSSR count). The fourth-order valence-electron chi connectivity index (χ4n) is 0.493. The van der Waals surface area contributed by atoms with E-state index >= 15 is 0 Å². The minimum Gasteiger partial charge on any atom is -0.363 e. The molecule has 7 heavy (non-hydrogen) atoms. The Bertz CT molecular complexity index is 52.9. The third kappa shape index (κ3) is 1.10. The quantitative estimate of drug-likeness (QED) is 0.426. The number of ether oxygens (including phenoxy) is 1. The highest BCUT2D eigenvalue weighted by Gasteiger charge is 2.08. The van der Waals surface area contributed by atoms with Gasteiger partial charge in [0.05, 0.1) is 6.61 Å². The summed E-state index contributed by atoms with van der Waals surface area (Å²) in [5.41, 5.74) is 1.97. The second-order valence-electron chi connectivity index (χ2n) is 1.40. The van der Waals surface area contributed by atoms with Crippen molar-refractivity contribution in [2.45, 2.75) is 0 Å². The van der Waals surface area contributed by atoms with Gasteiger partial charge in [-0.15, -0.1) is 5.59 Å². The molecule has 42 valence electrons. The molecule has 0 aromatic carbocycles. The van der Waals surface area contributed by atoms with Crippen molar-refractivity contribution < 1.29 is 9.94 Å². The molecule has 0 bridgehead atoms. The Morgan fingerprint density at radius 2 is 2.57 bits per heavy atom. The van der Waals surface area contributed by atoms with Crippen molar-refractivity contribution in [2.75, 3.05) is 19.9 Å². The molecular weight excluding hydrogens is 96.0 g/mol. The van der Waals surface area contributed by atoms with Gasteiger partial charge in [-0.05, 0) is 0 Å². The lowest BCUT2D eigenvalue weighted by Gasteiger charge is -2.06. The first-order valence-corrected chi connectivity index (χ1v) is 2.16. The van der Waals surface area contributed by atoms with Gasteiger partial charge in [-0.25, -0.2) is 0 Å². The highest BCUT2D eigenvalue weighted by atomic mass is 16.6. The van der Waals surface area contributed by atoms with Crippen LogP contribution in [0.3, 0.4) is 0 Å². The fourth-order valence-corrected chi connectivity index (χ4v) is 0.493. The Balaban J connectivity index is 2.14. The zero-order valence-electron chi connectivity index (χ0n) is 3.92. The van der Waals surface area contributed by atoms with Crippen molar-refractivity contribution in [3.63, 3.8) is 0 Å². The van der Waals surface area contributed by atoms with Gasteiger partial charge < -0.3 is 9.94 Å². The zero-order chi connectivity index (χ0) is 5.11. The van der Waals surface area contributed by atoms with Gasteiger partial charge in [0.1, 0.15) is 6.73 Å². The first-order valence-electron chi connectivity index (χ1n) is 2.16. The molecule has 1 aliphatic rings. The van der Waals surface area contributed by atoms with E-state index in [1.54, 1.807) is 5.01 Å². The average Bonchev–Trinajstić information content (AvgIpc) is 2.14. The van der Waals surface area contributed by atoms with E-state index in [0.29, 0.717) is 13.3 Å². The number of rotatable bonds is 1. The van der Waals surface area contributed by atoms with Gasteiger partial charge in [-0.1, -0.05) is 0 Å². The third-order valence-corrected chi connectivity index (χ3v) is 0.894. The van der Waals surface area contributed by atoms with Crippen LogP contribution in [0.2, 0.25) is 0 Å². The molecule has 0 unspecified atom stereocenters. The molecule has 0 aromatic rings. The van der Waals surface area contributed by atoms with Crippen LogP contribution in [0.15, 0.2) is 0 Å². The fraction of sp³-hybridized carbons (Fsp3) is 1.00. The smallest absolute Gasteiger partial charge is 0.114 e. The summed E-state index contributed by atoms with van der Waals surface area (Å²) in [6, 6.07) is 0. The first kappa shape index (κ1) is 4.99. The van der Waals surface area contributed by atoms with E-state index in [1.165, 1.54) is 0 Å². The summed E-state index contributed by atoms with van der Waals surface area (Å²) in [4.78, 5) is 0. The Morgan fingerprint density at radius 3 is 2.86 bits per heavy atom. The van der Waals surface area contributed by atoms with Gasteiger partial charge in [0.15, 0.2) is 0 Å². The van der Waals surface area contributed by atoms with Gasteiger partial charge >= 0.3 is 0 Å². The maximum Gasteiger partial charge on any atom is 0.114 e. The van der Waals surface area contributed by atoms with Crippen molar-refractivity contribution in [1.82, 2.24) is 10.6 Å². The molecule has 0 radical (unpaired) electrons. The number of nitrogens with one attached hydrogen (secondary N) is 1. The SMILES string of the molecule is ONN1CCOC1. The van der Waals surface area contributed by atoms with Crippen molar-refractivity contribution in [2.24, 2.45) is 0 Å². The van der Waals surface area contributed by atoms with Gasteiger partial charge in [-0.2, -0.15) is 5.01 Å². The van der Waals surface area contributed by atoms with E-state index in [9.17, 15) is 0 Å². The molecule has 1 heterocycles. The summed E-state index contributed by atoms with van der Waals surface area (Å²) in [5, 5.41) is 9.73. The Morgan fingerprint density at radius 1 is 1.71 bits per heavy atom. The molecule has 0 atom stereocenters. The highest BCUT2D eigenvalue weighted by Crippen LogP contribution is 1.90. The predicted molar refractivity (Wildman–Crippen MR) is 22.4 cm³/mol. The molecule has 2 N–H and O–H groups in total. The van der Waals surface area contributed by atoms with E-state index in [-0.39, 0.29) is 0 Å². The van der Waals surface area contributed by atoms with Crippen molar-refractivity contribution in [3.8, 4) is 0 Å². The first-order chi connectivity index (χ1) is 3.43. The second kappa shape index (κ2) is 2.23. The Labute approximate surface area is 41.6 Å². The molecule has 0 amide bonds. The normalized spacial score (nSPS) is 23.6. The van der Waals surface area contributed by atoms with E-state index in [4.69, 9.17) is 9.94 Å². The number of hydrazine groups is 1. The third-order valence-electron chi connectivity index (χ3n) is 0.894. The number of nitrogens with zero attached hydrogens (tertiary/aromatic N) is 1. The largest absolute Gasteiger partial charge is 0.363 e. The maximum atomic E-state index is 8.16. The average molecular weight is 104 g/mol. The van der Waals surface area contributed by atoms with Crippen LogP contribution in [0.5, 0.6) is 0 Å². The lowest BCUT2D eigenvalue weighted by molar-refractivity contribution is -0.0297. The molecule has 0 saturated carbocycles. The lowest BCUT2D eigenvalue weighted by atomic mass is 10.7. The van der Waals surface area contributed by atoms with Gasteiger partial charge in [0, 0.05) is 6.54 Å². The number of hydrogen-bond donors (Lipinski definition) is 2. The molecule has 4 heteroatoms. The van der Waals surface area contributed by atoms with Crippen LogP contribution in [0.25, 0.3) is 0 Å². The van der Waals surface area contributed by atoms with Gasteiger partial charge in [-0.3, -0.25) is 0 Å². The van der Waals surface area contributed by atoms with Crippen LogP contribution in [-0.2, 0) is 4.74 Å². The molecule has 0 aliphatic carbocycles. The van der Waals surface area contributed by atoms with Gasteiger partial charge in [0.2, 0.25) is 0 Å². The standard InChI is InChI=1S/C3H8N2O2/c6-4-5-1-2-7-3-5/h4,6H,1-3H2. The highest BCUT2D eigenvalue weighted by molar-refractivity contribution is 4.46. The molecule has 1 saturated heterocycles.